The molecule has 1 N–H and O–H groups in total. The number of phenolic OH excluding ortho intramolecular Hbond substituents is 1. The molecule has 140 valence electrons. The van der Waals surface area contributed by atoms with Crippen molar-refractivity contribution in [3.8, 4) is 5.75 Å². The number of aryl methyl sites for hydroxylation is 1. The first-order valence-electron chi connectivity index (χ1n) is 8.96. The van der Waals surface area contributed by atoms with Gasteiger partial charge in [-0.25, -0.2) is 0 Å². The second-order valence-electron chi connectivity index (χ2n) is 6.83. The zero-order valence-electron chi connectivity index (χ0n) is 15.2. The summed E-state index contributed by atoms with van der Waals surface area (Å²) in [5.41, 5.74) is 4.29. The maximum atomic E-state index is 11.0. The molecule has 0 aliphatic rings. The van der Waals surface area contributed by atoms with E-state index in [0.29, 0.717) is 22.0 Å². The van der Waals surface area contributed by atoms with Crippen LogP contribution in [0.25, 0.3) is 10.9 Å². The molecule has 0 bridgehead atoms. The smallest absolute Gasteiger partial charge is 0.145 e. The van der Waals surface area contributed by atoms with Gasteiger partial charge in [-0.2, -0.15) is 0 Å². The average molecular weight is 409 g/mol. The van der Waals surface area contributed by atoms with Crippen LogP contribution < -0.4 is 0 Å². The standard InChI is InChI=1S/C23H18Cl2N2O/c1-14-8-10-26-17(11-14)13-20(18-7-5-16(24)12-21(18)25)19-6-4-15-3-2-9-27-22(15)23(19)28/h2-12,20,28H,13H2,1H3. The SMILES string of the molecule is Cc1ccnc(CC(c2ccc(Cl)cc2Cl)c2ccc3cccnc3c2O)c1. The van der Waals surface area contributed by atoms with E-state index < -0.39 is 0 Å². The Morgan fingerprint density at radius 1 is 0.929 bits per heavy atom. The number of benzene rings is 2. The normalized spacial score (nSPS) is 12.2. The van der Waals surface area contributed by atoms with Crippen molar-refractivity contribution >= 4 is 34.1 Å². The minimum atomic E-state index is -0.189. The van der Waals surface area contributed by atoms with Crippen LogP contribution in [0, 0.1) is 6.92 Å². The molecule has 28 heavy (non-hydrogen) atoms. The highest BCUT2D eigenvalue weighted by atomic mass is 35.5. The van der Waals surface area contributed by atoms with Crippen LogP contribution in [0.2, 0.25) is 10.0 Å². The fraction of sp³-hybridized carbons (Fsp3) is 0.130. The molecule has 0 saturated carbocycles. The lowest BCUT2D eigenvalue weighted by molar-refractivity contribution is 0.469. The maximum Gasteiger partial charge on any atom is 0.145 e. The summed E-state index contributed by atoms with van der Waals surface area (Å²) < 4.78 is 0. The van der Waals surface area contributed by atoms with Crippen LogP contribution in [0.15, 0.2) is 67.0 Å². The Balaban J connectivity index is 1.88. The number of aromatic hydroxyl groups is 1. The van der Waals surface area contributed by atoms with Crippen molar-refractivity contribution in [3.05, 3.63) is 99.4 Å². The summed E-state index contributed by atoms with van der Waals surface area (Å²) in [5, 5.41) is 13.0. The first-order valence-corrected chi connectivity index (χ1v) is 9.71. The van der Waals surface area contributed by atoms with Crippen molar-refractivity contribution in [1.82, 2.24) is 9.97 Å². The number of nitrogens with zero attached hydrogens (tertiary/aromatic N) is 2. The molecule has 0 aliphatic heterocycles. The lowest BCUT2D eigenvalue weighted by atomic mass is 9.86. The molecule has 0 spiro atoms. The summed E-state index contributed by atoms with van der Waals surface area (Å²) in [6.07, 6.45) is 4.07. The van der Waals surface area contributed by atoms with E-state index in [1.165, 1.54) is 0 Å². The van der Waals surface area contributed by atoms with Gasteiger partial charge in [0.1, 0.15) is 11.3 Å². The molecular weight excluding hydrogens is 391 g/mol. The number of rotatable bonds is 4. The third-order valence-electron chi connectivity index (χ3n) is 4.88. The second-order valence-corrected chi connectivity index (χ2v) is 7.67. The van der Waals surface area contributed by atoms with Crippen LogP contribution in [-0.4, -0.2) is 15.1 Å². The van der Waals surface area contributed by atoms with E-state index in [1.807, 2.05) is 55.5 Å². The number of hydrogen-bond donors (Lipinski definition) is 1. The molecular formula is C23H18Cl2N2O. The van der Waals surface area contributed by atoms with Crippen molar-refractivity contribution in [1.29, 1.82) is 0 Å². The fourth-order valence-corrected chi connectivity index (χ4v) is 4.06. The molecule has 0 radical (unpaired) electrons. The minimum Gasteiger partial charge on any atom is -0.505 e. The number of aromatic nitrogens is 2. The summed E-state index contributed by atoms with van der Waals surface area (Å²) in [4.78, 5) is 8.86. The zero-order chi connectivity index (χ0) is 19.7. The molecule has 0 fully saturated rings. The van der Waals surface area contributed by atoms with E-state index in [9.17, 15) is 5.11 Å². The second kappa shape index (κ2) is 7.78. The van der Waals surface area contributed by atoms with Crippen molar-refractivity contribution < 1.29 is 5.11 Å². The molecule has 2 aromatic heterocycles. The van der Waals surface area contributed by atoms with E-state index >= 15 is 0 Å². The third-order valence-corrected chi connectivity index (χ3v) is 5.44. The molecule has 1 unspecified atom stereocenters. The van der Waals surface area contributed by atoms with Gasteiger partial charge in [0, 0.05) is 51.4 Å². The van der Waals surface area contributed by atoms with Crippen LogP contribution in [0.3, 0.4) is 0 Å². The largest absolute Gasteiger partial charge is 0.505 e. The Hall–Kier alpha value is -2.62. The predicted octanol–water partition coefficient (Wildman–Crippen LogP) is 6.33. The van der Waals surface area contributed by atoms with Gasteiger partial charge >= 0.3 is 0 Å². The number of halogens is 2. The summed E-state index contributed by atoms with van der Waals surface area (Å²) in [6.45, 7) is 2.03. The van der Waals surface area contributed by atoms with E-state index in [4.69, 9.17) is 23.2 Å². The van der Waals surface area contributed by atoms with Crippen LogP contribution in [0.5, 0.6) is 5.75 Å². The summed E-state index contributed by atoms with van der Waals surface area (Å²) in [6, 6.07) is 17.2. The number of phenols is 1. The summed E-state index contributed by atoms with van der Waals surface area (Å²) >= 11 is 12.6. The molecule has 5 heteroatoms. The predicted molar refractivity (Wildman–Crippen MR) is 114 cm³/mol. The number of pyridine rings is 2. The van der Waals surface area contributed by atoms with Crippen molar-refractivity contribution in [2.75, 3.05) is 0 Å². The van der Waals surface area contributed by atoms with Gasteiger partial charge in [-0.1, -0.05) is 47.5 Å². The Bertz CT molecular complexity index is 1160. The molecule has 4 aromatic rings. The molecule has 2 aromatic carbocycles. The quantitative estimate of drug-likeness (QED) is 0.429. The highest BCUT2D eigenvalue weighted by molar-refractivity contribution is 6.35. The fourth-order valence-electron chi connectivity index (χ4n) is 3.52. The first-order chi connectivity index (χ1) is 13.5. The van der Waals surface area contributed by atoms with E-state index in [-0.39, 0.29) is 11.7 Å². The molecule has 0 saturated heterocycles. The lowest BCUT2D eigenvalue weighted by Gasteiger charge is -2.21. The monoisotopic (exact) mass is 408 g/mol. The Morgan fingerprint density at radius 3 is 2.54 bits per heavy atom. The number of fused-ring (bicyclic) bond motifs is 1. The van der Waals surface area contributed by atoms with E-state index in [1.54, 1.807) is 18.5 Å². The van der Waals surface area contributed by atoms with Crippen LogP contribution in [-0.2, 0) is 6.42 Å². The van der Waals surface area contributed by atoms with Gasteiger partial charge in [-0.05, 0) is 48.4 Å². The molecule has 3 nitrogen and oxygen atoms in total. The molecule has 0 amide bonds. The third kappa shape index (κ3) is 3.68. The van der Waals surface area contributed by atoms with Gasteiger partial charge in [0.2, 0.25) is 0 Å². The van der Waals surface area contributed by atoms with Gasteiger partial charge in [0.15, 0.2) is 0 Å². The van der Waals surface area contributed by atoms with Crippen LogP contribution in [0.1, 0.15) is 28.3 Å². The van der Waals surface area contributed by atoms with Gasteiger partial charge < -0.3 is 5.11 Å². The number of hydrogen-bond acceptors (Lipinski definition) is 3. The Kier molecular flexibility index (Phi) is 5.21. The van der Waals surface area contributed by atoms with Crippen LogP contribution >= 0.6 is 23.2 Å². The highest BCUT2D eigenvalue weighted by Gasteiger charge is 2.23. The van der Waals surface area contributed by atoms with Crippen molar-refractivity contribution in [2.24, 2.45) is 0 Å². The average Bonchev–Trinajstić information content (AvgIpc) is 2.67. The van der Waals surface area contributed by atoms with Crippen LogP contribution in [0.4, 0.5) is 0 Å². The van der Waals surface area contributed by atoms with Crippen molar-refractivity contribution in [2.45, 2.75) is 19.3 Å². The van der Waals surface area contributed by atoms with Gasteiger partial charge in [-0.3, -0.25) is 9.97 Å². The molecule has 4 rings (SSSR count). The van der Waals surface area contributed by atoms with Gasteiger partial charge in [-0.15, -0.1) is 0 Å². The Morgan fingerprint density at radius 2 is 1.75 bits per heavy atom. The van der Waals surface area contributed by atoms with Crippen molar-refractivity contribution in [3.63, 3.8) is 0 Å². The van der Waals surface area contributed by atoms with Gasteiger partial charge in [0.05, 0.1) is 0 Å². The topological polar surface area (TPSA) is 46.0 Å². The molecule has 2 heterocycles. The molecule has 1 atom stereocenters. The lowest BCUT2D eigenvalue weighted by Crippen LogP contribution is -2.08. The first kappa shape index (κ1) is 18.7. The zero-order valence-corrected chi connectivity index (χ0v) is 16.7. The van der Waals surface area contributed by atoms with E-state index in [0.717, 1.165) is 27.8 Å². The van der Waals surface area contributed by atoms with E-state index in [2.05, 4.69) is 9.97 Å². The maximum absolute atomic E-state index is 11.0. The summed E-state index contributed by atoms with van der Waals surface area (Å²) in [5.74, 6) is -0.0211. The minimum absolute atomic E-state index is 0.168. The summed E-state index contributed by atoms with van der Waals surface area (Å²) in [7, 11) is 0. The highest BCUT2D eigenvalue weighted by Crippen LogP contribution is 2.40. The van der Waals surface area contributed by atoms with Gasteiger partial charge in [0.25, 0.3) is 0 Å². The Labute approximate surface area is 173 Å². The molecule has 0 aliphatic carbocycles.